The van der Waals surface area contributed by atoms with Gasteiger partial charge >= 0.3 is 0 Å². The van der Waals surface area contributed by atoms with E-state index in [0.29, 0.717) is 44.8 Å². The van der Waals surface area contributed by atoms with Crippen LogP contribution in [0, 0.1) is 17.6 Å². The number of likely N-dealkylation sites (tertiary alicyclic amines) is 1. The van der Waals surface area contributed by atoms with Crippen molar-refractivity contribution in [1.82, 2.24) is 9.80 Å². The molecule has 5 nitrogen and oxygen atoms in total. The lowest BCUT2D eigenvalue weighted by atomic mass is 9.83. The van der Waals surface area contributed by atoms with Crippen LogP contribution in [0.2, 0.25) is 0 Å². The van der Waals surface area contributed by atoms with Crippen LogP contribution in [0.15, 0.2) is 78.9 Å². The molecule has 3 aromatic rings. The highest BCUT2D eigenvalue weighted by Crippen LogP contribution is 2.33. The Kier molecular flexibility index (Phi) is 6.98. The lowest BCUT2D eigenvalue weighted by Gasteiger charge is -2.42. The Morgan fingerprint density at radius 2 is 1.33 bits per heavy atom. The highest BCUT2D eigenvalue weighted by Gasteiger charge is 2.38. The van der Waals surface area contributed by atoms with E-state index in [4.69, 9.17) is 0 Å². The summed E-state index contributed by atoms with van der Waals surface area (Å²) in [5.74, 6) is -1.64. The second-order valence-corrected chi connectivity index (χ2v) is 9.49. The Balaban J connectivity index is 1.33. The van der Waals surface area contributed by atoms with Crippen molar-refractivity contribution < 1.29 is 18.4 Å². The molecule has 2 amide bonds. The van der Waals surface area contributed by atoms with Crippen molar-refractivity contribution in [3.63, 3.8) is 0 Å². The molecule has 2 aliphatic heterocycles. The highest BCUT2D eigenvalue weighted by atomic mass is 19.1. The number of rotatable bonds is 4. The summed E-state index contributed by atoms with van der Waals surface area (Å²) < 4.78 is 28.6. The maximum absolute atomic E-state index is 14.4. The van der Waals surface area contributed by atoms with Gasteiger partial charge in [0.15, 0.2) is 0 Å². The van der Waals surface area contributed by atoms with Crippen molar-refractivity contribution in [3.8, 4) is 0 Å². The van der Waals surface area contributed by atoms with Crippen molar-refractivity contribution in [2.24, 2.45) is 5.92 Å². The number of carbonyl (C=O) groups is 2. The van der Waals surface area contributed by atoms with Crippen LogP contribution in [-0.2, 0) is 4.79 Å². The number of nitrogens with zero attached hydrogens (tertiary/aromatic N) is 3. The molecule has 0 N–H and O–H groups in total. The summed E-state index contributed by atoms with van der Waals surface area (Å²) in [4.78, 5) is 32.3. The molecule has 5 rings (SSSR count). The maximum Gasteiger partial charge on any atom is 0.256 e. The van der Waals surface area contributed by atoms with E-state index in [1.807, 2.05) is 46.2 Å². The third kappa shape index (κ3) is 4.96. The van der Waals surface area contributed by atoms with Crippen LogP contribution in [0.5, 0.6) is 0 Å². The molecule has 2 aliphatic rings. The monoisotopic (exact) mass is 489 g/mol. The summed E-state index contributed by atoms with van der Waals surface area (Å²) in [7, 11) is 0. The Morgan fingerprint density at radius 1 is 0.694 bits per heavy atom. The minimum Gasteiger partial charge on any atom is -0.366 e. The second-order valence-electron chi connectivity index (χ2n) is 9.49. The van der Waals surface area contributed by atoms with Gasteiger partial charge in [-0.15, -0.1) is 0 Å². The second kappa shape index (κ2) is 10.5. The topological polar surface area (TPSA) is 43.9 Å². The quantitative estimate of drug-likeness (QED) is 0.540. The summed E-state index contributed by atoms with van der Waals surface area (Å²) in [5.41, 5.74) is 1.63. The van der Waals surface area contributed by atoms with Gasteiger partial charge in [0, 0.05) is 45.2 Å². The first-order chi connectivity index (χ1) is 17.5. The molecular weight excluding hydrogens is 460 g/mol. The molecule has 2 heterocycles. The summed E-state index contributed by atoms with van der Waals surface area (Å²) in [5, 5.41) is 0. The van der Waals surface area contributed by atoms with Crippen molar-refractivity contribution in [3.05, 3.63) is 102 Å². The van der Waals surface area contributed by atoms with Gasteiger partial charge in [-0.2, -0.15) is 0 Å². The van der Waals surface area contributed by atoms with Gasteiger partial charge < -0.3 is 14.7 Å². The molecule has 0 bridgehead atoms. The molecule has 0 radical (unpaired) electrons. The Hall–Kier alpha value is -3.74. The van der Waals surface area contributed by atoms with Crippen LogP contribution in [0.1, 0.15) is 28.3 Å². The zero-order valence-electron chi connectivity index (χ0n) is 20.0. The number of hydrogen-bond acceptors (Lipinski definition) is 3. The van der Waals surface area contributed by atoms with Crippen molar-refractivity contribution in [1.29, 1.82) is 0 Å². The molecule has 0 unspecified atom stereocenters. The van der Waals surface area contributed by atoms with Crippen molar-refractivity contribution in [2.45, 2.75) is 12.3 Å². The predicted molar refractivity (Wildman–Crippen MR) is 135 cm³/mol. The molecule has 2 saturated heterocycles. The number of para-hydroxylation sites is 1. The molecule has 0 spiro atoms. The van der Waals surface area contributed by atoms with Gasteiger partial charge in [-0.1, -0.05) is 54.6 Å². The molecule has 0 saturated carbocycles. The van der Waals surface area contributed by atoms with Crippen molar-refractivity contribution >= 4 is 17.5 Å². The van der Waals surface area contributed by atoms with E-state index in [1.165, 1.54) is 18.2 Å². The summed E-state index contributed by atoms with van der Waals surface area (Å²) in [6.45, 7) is 2.74. The third-order valence-corrected chi connectivity index (χ3v) is 7.25. The molecule has 2 fully saturated rings. The molecule has 2 atom stereocenters. The number of hydrogen-bond donors (Lipinski definition) is 0. The molecule has 0 aliphatic carbocycles. The normalized spacial score (nSPS) is 20.3. The van der Waals surface area contributed by atoms with E-state index >= 15 is 0 Å². The molecule has 36 heavy (non-hydrogen) atoms. The van der Waals surface area contributed by atoms with Crippen LogP contribution < -0.4 is 4.90 Å². The average molecular weight is 490 g/mol. The lowest BCUT2D eigenvalue weighted by Crippen LogP contribution is -2.54. The number of halogens is 2. The van der Waals surface area contributed by atoms with Crippen LogP contribution in [0.4, 0.5) is 14.5 Å². The number of anilines is 1. The first kappa shape index (κ1) is 24.0. The van der Waals surface area contributed by atoms with E-state index < -0.39 is 11.7 Å². The molecule has 3 aromatic carbocycles. The third-order valence-electron chi connectivity index (χ3n) is 7.25. The first-order valence-corrected chi connectivity index (χ1v) is 12.4. The summed E-state index contributed by atoms with van der Waals surface area (Å²) >= 11 is 0. The number of piperidine rings is 1. The molecule has 0 aromatic heterocycles. The molecular formula is C29H29F2N3O2. The Morgan fingerprint density at radius 3 is 2.03 bits per heavy atom. The van der Waals surface area contributed by atoms with E-state index in [2.05, 4.69) is 0 Å². The predicted octanol–water partition coefficient (Wildman–Crippen LogP) is 4.56. The van der Waals surface area contributed by atoms with E-state index in [1.54, 1.807) is 29.2 Å². The number of carbonyl (C=O) groups excluding carboxylic acids is 2. The summed E-state index contributed by atoms with van der Waals surface area (Å²) in [6.07, 6.45) is 0.622. The largest absolute Gasteiger partial charge is 0.366 e. The highest BCUT2D eigenvalue weighted by molar-refractivity contribution is 5.95. The fourth-order valence-electron chi connectivity index (χ4n) is 5.35. The maximum atomic E-state index is 14.4. The van der Waals surface area contributed by atoms with Crippen LogP contribution >= 0.6 is 0 Å². The smallest absolute Gasteiger partial charge is 0.256 e. The van der Waals surface area contributed by atoms with Gasteiger partial charge in [-0.3, -0.25) is 9.59 Å². The molecule has 186 valence electrons. The standard InChI is InChI=1S/C29H29F2N3O2/c30-25-11-5-4-10-24(25)29(36)34-19-22(21-8-2-1-3-9-21)18-23(20-34)28(35)33-16-14-32(15-17-33)27-13-7-6-12-26(27)31/h1-13,22-23H,14-20H2/t22-,23-/m0/s1. The fraction of sp³-hybridized carbons (Fsp3) is 0.310. The summed E-state index contributed by atoms with van der Waals surface area (Å²) in [6, 6.07) is 22.5. The van der Waals surface area contributed by atoms with Crippen molar-refractivity contribution in [2.75, 3.05) is 44.2 Å². The Bertz CT molecular complexity index is 1230. The van der Waals surface area contributed by atoms with Gasteiger partial charge in [0.25, 0.3) is 5.91 Å². The van der Waals surface area contributed by atoms with E-state index in [9.17, 15) is 18.4 Å². The van der Waals surface area contributed by atoms with Crippen LogP contribution in [0.3, 0.4) is 0 Å². The van der Waals surface area contributed by atoms with Gasteiger partial charge in [0.2, 0.25) is 5.91 Å². The minimum atomic E-state index is -0.559. The van der Waals surface area contributed by atoms with Gasteiger partial charge in [0.05, 0.1) is 17.2 Å². The van der Waals surface area contributed by atoms with Crippen LogP contribution in [-0.4, -0.2) is 60.9 Å². The van der Waals surface area contributed by atoms with Gasteiger partial charge in [-0.05, 0) is 36.2 Å². The SMILES string of the molecule is O=C(c1ccccc1F)N1C[C@@H](C(=O)N2CCN(c3ccccc3F)CC2)C[C@H](c2ccccc2)C1. The van der Waals surface area contributed by atoms with Gasteiger partial charge in [0.1, 0.15) is 11.6 Å². The molecule has 7 heteroatoms. The number of amides is 2. The minimum absolute atomic E-state index is 0.00449. The zero-order chi connectivity index (χ0) is 25.1. The fourth-order valence-corrected chi connectivity index (χ4v) is 5.35. The van der Waals surface area contributed by atoms with E-state index in [-0.39, 0.29) is 35.7 Å². The van der Waals surface area contributed by atoms with Crippen LogP contribution in [0.25, 0.3) is 0 Å². The first-order valence-electron chi connectivity index (χ1n) is 12.4. The number of benzene rings is 3. The lowest BCUT2D eigenvalue weighted by molar-refractivity contribution is -0.137. The van der Waals surface area contributed by atoms with Gasteiger partial charge in [-0.25, -0.2) is 8.78 Å². The zero-order valence-corrected chi connectivity index (χ0v) is 20.0. The number of piperazine rings is 1. The van der Waals surface area contributed by atoms with E-state index in [0.717, 1.165) is 5.56 Å². The Labute approximate surface area is 209 Å². The average Bonchev–Trinajstić information content (AvgIpc) is 2.93.